The summed E-state index contributed by atoms with van der Waals surface area (Å²) in [5, 5.41) is 3.27. The van der Waals surface area contributed by atoms with Gasteiger partial charge in [0.2, 0.25) is 5.91 Å². The molecule has 1 amide bonds. The van der Waals surface area contributed by atoms with Gasteiger partial charge in [0.1, 0.15) is 5.75 Å². The van der Waals surface area contributed by atoms with Crippen molar-refractivity contribution in [3.63, 3.8) is 0 Å². The Bertz CT molecular complexity index is 763. The number of nitrogens with one attached hydrogen (secondary N) is 1. The van der Waals surface area contributed by atoms with E-state index < -0.39 is 0 Å². The lowest BCUT2D eigenvalue weighted by Crippen LogP contribution is -2.13. The van der Waals surface area contributed by atoms with Crippen molar-refractivity contribution < 1.29 is 19.0 Å². The Morgan fingerprint density at radius 1 is 1.20 bits per heavy atom. The average Bonchev–Trinajstić information content (AvgIpc) is 2.85. The zero-order valence-electron chi connectivity index (χ0n) is 14.0. The second-order valence-corrected chi connectivity index (χ2v) is 6.14. The first-order chi connectivity index (χ1) is 12.2. The number of benzene rings is 2. The van der Waals surface area contributed by atoms with Gasteiger partial charge < -0.3 is 19.5 Å². The molecule has 25 heavy (non-hydrogen) atoms. The summed E-state index contributed by atoms with van der Waals surface area (Å²) in [5.41, 5.74) is 1.57. The van der Waals surface area contributed by atoms with Gasteiger partial charge in [0, 0.05) is 25.0 Å². The molecule has 2 aromatic rings. The molecule has 0 saturated heterocycles. The van der Waals surface area contributed by atoms with Crippen LogP contribution < -0.4 is 19.5 Å². The molecule has 6 heteroatoms. The fourth-order valence-corrected chi connectivity index (χ4v) is 2.78. The number of carbonyl (C=O) groups excluding carboxylic acids is 1. The summed E-state index contributed by atoms with van der Waals surface area (Å²) in [6.07, 6.45) is 1.78. The molecule has 132 valence electrons. The van der Waals surface area contributed by atoms with E-state index in [9.17, 15) is 4.79 Å². The second-order valence-electron chi connectivity index (χ2n) is 5.73. The van der Waals surface area contributed by atoms with Crippen molar-refractivity contribution in [3.05, 3.63) is 47.0 Å². The van der Waals surface area contributed by atoms with E-state index in [0.717, 1.165) is 17.7 Å². The van der Waals surface area contributed by atoms with Gasteiger partial charge in [0.15, 0.2) is 11.5 Å². The second kappa shape index (κ2) is 8.12. The quantitative estimate of drug-likeness (QED) is 0.871. The molecule has 0 atom stereocenters. The number of rotatable bonds is 5. The summed E-state index contributed by atoms with van der Waals surface area (Å²) >= 11 is 6.25. The van der Waals surface area contributed by atoms with Crippen LogP contribution in [0, 0.1) is 0 Å². The minimum absolute atomic E-state index is 0.112. The fourth-order valence-electron chi connectivity index (χ4n) is 2.58. The number of aryl methyl sites for hydroxylation is 1. The van der Waals surface area contributed by atoms with Crippen molar-refractivity contribution in [2.45, 2.75) is 19.3 Å². The van der Waals surface area contributed by atoms with Crippen molar-refractivity contribution in [2.24, 2.45) is 0 Å². The molecule has 3 rings (SSSR count). The summed E-state index contributed by atoms with van der Waals surface area (Å²) in [7, 11) is 1.62. The maximum atomic E-state index is 12.3. The molecule has 0 aliphatic carbocycles. The number of carbonyl (C=O) groups is 1. The van der Waals surface area contributed by atoms with E-state index in [1.165, 1.54) is 0 Å². The number of halogens is 1. The minimum Gasteiger partial charge on any atom is -0.497 e. The van der Waals surface area contributed by atoms with Crippen molar-refractivity contribution in [1.82, 2.24) is 0 Å². The van der Waals surface area contributed by atoms with Gasteiger partial charge in [-0.15, -0.1) is 0 Å². The van der Waals surface area contributed by atoms with Gasteiger partial charge >= 0.3 is 0 Å². The Morgan fingerprint density at radius 2 is 1.96 bits per heavy atom. The maximum absolute atomic E-state index is 12.3. The van der Waals surface area contributed by atoms with E-state index in [2.05, 4.69) is 5.32 Å². The standard InChI is InChI=1S/C19H20ClNO4/c1-23-14-5-2-4-13(10-14)6-7-19(22)21-16-12-18-17(11-15(16)20)24-8-3-9-25-18/h2,4-5,10-12H,3,6-9H2,1H3,(H,21,22). The van der Waals surface area contributed by atoms with E-state index in [1.807, 2.05) is 24.3 Å². The first-order valence-corrected chi connectivity index (χ1v) is 8.55. The van der Waals surface area contributed by atoms with Gasteiger partial charge in [-0.3, -0.25) is 4.79 Å². The van der Waals surface area contributed by atoms with E-state index in [1.54, 1.807) is 19.2 Å². The summed E-state index contributed by atoms with van der Waals surface area (Å²) in [5.74, 6) is 1.88. The molecule has 0 saturated carbocycles. The molecule has 0 spiro atoms. The molecule has 1 aliphatic heterocycles. The molecule has 1 N–H and O–H groups in total. The Balaban J connectivity index is 1.63. The van der Waals surface area contributed by atoms with Crippen LogP contribution in [0.2, 0.25) is 5.02 Å². The third-order valence-corrected chi connectivity index (χ3v) is 4.20. The number of methoxy groups -OCH3 is 1. The highest BCUT2D eigenvalue weighted by atomic mass is 35.5. The van der Waals surface area contributed by atoms with Crippen molar-refractivity contribution in [2.75, 3.05) is 25.6 Å². The van der Waals surface area contributed by atoms with Crippen LogP contribution in [0.25, 0.3) is 0 Å². The molecule has 0 radical (unpaired) electrons. The van der Waals surface area contributed by atoms with Gasteiger partial charge in [-0.1, -0.05) is 23.7 Å². The van der Waals surface area contributed by atoms with Crippen LogP contribution >= 0.6 is 11.6 Å². The van der Waals surface area contributed by atoms with E-state index in [-0.39, 0.29) is 5.91 Å². The van der Waals surface area contributed by atoms with Crippen LogP contribution in [0.15, 0.2) is 36.4 Å². The van der Waals surface area contributed by atoms with E-state index in [4.69, 9.17) is 25.8 Å². The highest BCUT2D eigenvalue weighted by Crippen LogP contribution is 2.37. The van der Waals surface area contributed by atoms with Crippen LogP contribution in [0.3, 0.4) is 0 Å². The number of anilines is 1. The number of hydrogen-bond donors (Lipinski definition) is 1. The Kier molecular flexibility index (Phi) is 5.66. The summed E-state index contributed by atoms with van der Waals surface area (Å²) in [6.45, 7) is 1.17. The predicted molar refractivity (Wildman–Crippen MR) is 97.0 cm³/mol. The van der Waals surface area contributed by atoms with Crippen molar-refractivity contribution in [3.8, 4) is 17.2 Å². The minimum atomic E-state index is -0.112. The Hall–Kier alpha value is -2.40. The lowest BCUT2D eigenvalue weighted by molar-refractivity contribution is -0.116. The first-order valence-electron chi connectivity index (χ1n) is 8.17. The first kappa shape index (κ1) is 17.4. The van der Waals surface area contributed by atoms with Crippen molar-refractivity contribution >= 4 is 23.2 Å². The maximum Gasteiger partial charge on any atom is 0.224 e. The van der Waals surface area contributed by atoms with Gasteiger partial charge in [0.25, 0.3) is 0 Å². The number of hydrogen-bond acceptors (Lipinski definition) is 4. The third-order valence-electron chi connectivity index (χ3n) is 3.89. The van der Waals surface area contributed by atoms with Crippen LogP contribution in [-0.4, -0.2) is 26.2 Å². The lowest BCUT2D eigenvalue weighted by atomic mass is 10.1. The smallest absolute Gasteiger partial charge is 0.224 e. The topological polar surface area (TPSA) is 56.8 Å². The van der Waals surface area contributed by atoms with Crippen molar-refractivity contribution in [1.29, 1.82) is 0 Å². The van der Waals surface area contributed by atoms with Gasteiger partial charge in [-0.25, -0.2) is 0 Å². The number of ether oxygens (including phenoxy) is 3. The fraction of sp³-hybridized carbons (Fsp3) is 0.316. The van der Waals surface area contributed by atoms with Crippen LogP contribution in [0.5, 0.6) is 17.2 Å². The van der Waals surface area contributed by atoms with Crippen LogP contribution in [0.1, 0.15) is 18.4 Å². The molecule has 0 bridgehead atoms. The molecular formula is C19H20ClNO4. The largest absolute Gasteiger partial charge is 0.497 e. The van der Waals surface area contributed by atoms with Gasteiger partial charge in [-0.05, 0) is 24.1 Å². The summed E-state index contributed by atoms with van der Waals surface area (Å²) < 4.78 is 16.4. The van der Waals surface area contributed by atoms with E-state index in [0.29, 0.717) is 48.3 Å². The van der Waals surface area contributed by atoms with Gasteiger partial charge in [0.05, 0.1) is 31.0 Å². The predicted octanol–water partition coefficient (Wildman–Crippen LogP) is 4.08. The molecule has 1 aliphatic rings. The lowest BCUT2D eigenvalue weighted by Gasteiger charge is -2.12. The Labute approximate surface area is 151 Å². The number of amides is 1. The zero-order chi connectivity index (χ0) is 17.6. The number of fused-ring (bicyclic) bond motifs is 1. The highest BCUT2D eigenvalue weighted by molar-refractivity contribution is 6.34. The monoisotopic (exact) mass is 361 g/mol. The third kappa shape index (κ3) is 4.57. The summed E-state index contributed by atoms with van der Waals surface area (Å²) in [6, 6.07) is 11.1. The average molecular weight is 362 g/mol. The molecule has 0 fully saturated rings. The molecule has 0 unspecified atom stereocenters. The molecular weight excluding hydrogens is 342 g/mol. The van der Waals surface area contributed by atoms with Crippen LogP contribution in [-0.2, 0) is 11.2 Å². The molecule has 1 heterocycles. The molecule has 5 nitrogen and oxygen atoms in total. The highest BCUT2D eigenvalue weighted by Gasteiger charge is 2.15. The SMILES string of the molecule is COc1cccc(CCC(=O)Nc2cc3c(cc2Cl)OCCCO3)c1. The van der Waals surface area contributed by atoms with E-state index >= 15 is 0 Å². The summed E-state index contributed by atoms with van der Waals surface area (Å²) in [4.78, 5) is 12.3. The Morgan fingerprint density at radius 3 is 2.72 bits per heavy atom. The van der Waals surface area contributed by atoms with Crippen LogP contribution in [0.4, 0.5) is 5.69 Å². The molecule has 0 aromatic heterocycles. The van der Waals surface area contributed by atoms with Gasteiger partial charge in [-0.2, -0.15) is 0 Å². The normalized spacial score (nSPS) is 13.0. The molecule has 2 aromatic carbocycles. The zero-order valence-corrected chi connectivity index (χ0v) is 14.8.